The Hall–Kier alpha value is -1.88. The van der Waals surface area contributed by atoms with Gasteiger partial charge in [-0.2, -0.15) is 4.98 Å². The molecule has 0 atom stereocenters. The van der Waals surface area contributed by atoms with Crippen LogP contribution in [-0.4, -0.2) is 15.2 Å². The number of para-hydroxylation sites is 1. The molecule has 0 aliphatic carbocycles. The van der Waals surface area contributed by atoms with Gasteiger partial charge in [0.2, 0.25) is 6.39 Å². The van der Waals surface area contributed by atoms with Crippen molar-refractivity contribution in [3.8, 4) is 5.75 Å². The molecule has 0 aliphatic rings. The van der Waals surface area contributed by atoms with Crippen LogP contribution in [0.3, 0.4) is 0 Å². The molecular weight excluding hydrogens is 194 g/mol. The highest BCUT2D eigenvalue weighted by molar-refractivity contribution is 5.31. The molecule has 0 saturated carbocycles. The maximum Gasteiger partial charge on any atom is 0.213 e. The molecule has 2 aromatic rings. The number of nitrogens with one attached hydrogen (secondary N) is 1. The Labute approximate surface area is 86.7 Å². The monoisotopic (exact) mass is 205 g/mol. The number of benzene rings is 1. The normalized spacial score (nSPS) is 10.4. The summed E-state index contributed by atoms with van der Waals surface area (Å²) < 4.78 is 4.59. The Morgan fingerprint density at radius 3 is 2.87 bits per heavy atom. The fraction of sp³-hybridized carbons (Fsp3) is 0.200. The quantitative estimate of drug-likeness (QED) is 0.781. The summed E-state index contributed by atoms with van der Waals surface area (Å²) in [6.07, 6.45) is 1.29. The number of aromatic hydroxyl groups is 1. The second kappa shape index (κ2) is 4.56. The van der Waals surface area contributed by atoms with Crippen LogP contribution >= 0.6 is 0 Å². The number of aromatic nitrogens is 2. The fourth-order valence-corrected chi connectivity index (χ4v) is 1.24. The number of rotatable bonds is 4. The topological polar surface area (TPSA) is 71.2 Å². The van der Waals surface area contributed by atoms with E-state index < -0.39 is 0 Å². The van der Waals surface area contributed by atoms with Gasteiger partial charge < -0.3 is 14.9 Å². The minimum atomic E-state index is 0.290. The van der Waals surface area contributed by atoms with Crippen molar-refractivity contribution in [1.82, 2.24) is 15.5 Å². The predicted octanol–water partition coefficient (Wildman–Crippen LogP) is 1.07. The highest BCUT2D eigenvalue weighted by Crippen LogP contribution is 2.14. The molecule has 1 aromatic heterocycles. The zero-order chi connectivity index (χ0) is 10.5. The molecule has 1 aromatic carbocycles. The molecule has 5 nitrogen and oxygen atoms in total. The van der Waals surface area contributed by atoms with E-state index in [1.54, 1.807) is 12.1 Å². The molecule has 0 saturated heterocycles. The van der Waals surface area contributed by atoms with Gasteiger partial charge in [-0.15, -0.1) is 0 Å². The fourth-order valence-electron chi connectivity index (χ4n) is 1.24. The molecule has 0 fully saturated rings. The van der Waals surface area contributed by atoms with E-state index in [1.807, 2.05) is 12.1 Å². The lowest BCUT2D eigenvalue weighted by molar-refractivity contribution is 0.407. The third-order valence-corrected chi connectivity index (χ3v) is 2.00. The summed E-state index contributed by atoms with van der Waals surface area (Å²) in [6, 6.07) is 7.19. The molecule has 5 heteroatoms. The van der Waals surface area contributed by atoms with Crippen molar-refractivity contribution >= 4 is 0 Å². The van der Waals surface area contributed by atoms with E-state index in [-0.39, 0.29) is 5.75 Å². The summed E-state index contributed by atoms with van der Waals surface area (Å²) in [5, 5.41) is 16.2. The lowest BCUT2D eigenvalue weighted by Crippen LogP contribution is -2.13. The molecule has 2 rings (SSSR count). The van der Waals surface area contributed by atoms with Gasteiger partial charge in [0, 0.05) is 12.1 Å². The van der Waals surface area contributed by atoms with Crippen molar-refractivity contribution in [2.75, 3.05) is 0 Å². The van der Waals surface area contributed by atoms with Gasteiger partial charge in [0.05, 0.1) is 6.54 Å². The second-order valence-electron chi connectivity index (χ2n) is 3.08. The smallest absolute Gasteiger partial charge is 0.213 e. The van der Waals surface area contributed by atoms with E-state index in [0.717, 1.165) is 5.56 Å². The maximum atomic E-state index is 9.48. The molecule has 0 unspecified atom stereocenters. The molecule has 0 radical (unpaired) electrons. The van der Waals surface area contributed by atoms with Gasteiger partial charge in [0.1, 0.15) is 5.75 Å². The largest absolute Gasteiger partial charge is 0.508 e. The summed E-state index contributed by atoms with van der Waals surface area (Å²) in [5.41, 5.74) is 0.848. The Morgan fingerprint density at radius 2 is 2.13 bits per heavy atom. The Balaban J connectivity index is 1.86. The van der Waals surface area contributed by atoms with Crippen molar-refractivity contribution < 1.29 is 9.63 Å². The van der Waals surface area contributed by atoms with Crippen molar-refractivity contribution in [3.05, 3.63) is 42.0 Å². The first-order valence-corrected chi connectivity index (χ1v) is 4.59. The van der Waals surface area contributed by atoms with Crippen molar-refractivity contribution in [1.29, 1.82) is 0 Å². The number of phenols is 1. The predicted molar refractivity (Wildman–Crippen MR) is 52.9 cm³/mol. The zero-order valence-electron chi connectivity index (χ0n) is 8.05. The molecular formula is C10H11N3O2. The van der Waals surface area contributed by atoms with Crippen LogP contribution < -0.4 is 5.32 Å². The van der Waals surface area contributed by atoms with E-state index in [2.05, 4.69) is 20.0 Å². The van der Waals surface area contributed by atoms with Crippen LogP contribution in [-0.2, 0) is 13.1 Å². The third kappa shape index (κ3) is 2.54. The number of hydrogen-bond donors (Lipinski definition) is 2. The molecule has 0 spiro atoms. The second-order valence-corrected chi connectivity index (χ2v) is 3.08. The van der Waals surface area contributed by atoms with Crippen LogP contribution in [0.4, 0.5) is 0 Å². The molecule has 2 N–H and O–H groups in total. The van der Waals surface area contributed by atoms with Crippen LogP contribution in [0, 0.1) is 0 Å². The van der Waals surface area contributed by atoms with Crippen molar-refractivity contribution in [2.45, 2.75) is 13.1 Å². The average Bonchev–Trinajstić information content (AvgIpc) is 2.74. The zero-order valence-corrected chi connectivity index (χ0v) is 8.05. The lowest BCUT2D eigenvalue weighted by Gasteiger charge is -2.04. The first-order chi connectivity index (χ1) is 7.36. The minimum Gasteiger partial charge on any atom is -0.508 e. The van der Waals surface area contributed by atoms with E-state index in [4.69, 9.17) is 0 Å². The highest BCUT2D eigenvalue weighted by atomic mass is 16.5. The third-order valence-electron chi connectivity index (χ3n) is 2.00. The van der Waals surface area contributed by atoms with Crippen LogP contribution in [0.2, 0.25) is 0 Å². The summed E-state index contributed by atoms with van der Waals surface area (Å²) >= 11 is 0. The summed E-state index contributed by atoms with van der Waals surface area (Å²) in [4.78, 5) is 3.87. The molecule has 1 heterocycles. The van der Waals surface area contributed by atoms with Gasteiger partial charge in [-0.25, -0.2) is 0 Å². The van der Waals surface area contributed by atoms with E-state index in [1.165, 1.54) is 6.39 Å². The number of hydrogen-bond acceptors (Lipinski definition) is 5. The maximum absolute atomic E-state index is 9.48. The number of nitrogens with zero attached hydrogens (tertiary/aromatic N) is 2. The average molecular weight is 205 g/mol. The van der Waals surface area contributed by atoms with Crippen LogP contribution in [0.1, 0.15) is 11.4 Å². The highest BCUT2D eigenvalue weighted by Gasteiger charge is 2.00. The number of phenolic OH excluding ortho intramolecular Hbond substituents is 1. The van der Waals surface area contributed by atoms with Crippen LogP contribution in [0.15, 0.2) is 35.2 Å². The Bertz CT molecular complexity index is 414. The van der Waals surface area contributed by atoms with Crippen LogP contribution in [0.25, 0.3) is 0 Å². The van der Waals surface area contributed by atoms with Crippen molar-refractivity contribution in [3.63, 3.8) is 0 Å². The Morgan fingerprint density at radius 1 is 1.27 bits per heavy atom. The standard InChI is InChI=1S/C10H11N3O2/c14-9-4-2-1-3-8(9)5-11-6-10-12-7-15-13-10/h1-4,7,11,14H,5-6H2. The first kappa shape index (κ1) is 9.67. The van der Waals surface area contributed by atoms with E-state index in [0.29, 0.717) is 18.9 Å². The first-order valence-electron chi connectivity index (χ1n) is 4.59. The SMILES string of the molecule is Oc1ccccc1CNCc1ncon1. The Kier molecular flexibility index (Phi) is 2.94. The van der Waals surface area contributed by atoms with Gasteiger partial charge in [-0.1, -0.05) is 23.4 Å². The molecule has 0 aliphatic heterocycles. The van der Waals surface area contributed by atoms with E-state index >= 15 is 0 Å². The summed E-state index contributed by atoms with van der Waals surface area (Å²) in [7, 11) is 0. The van der Waals surface area contributed by atoms with Crippen LogP contribution in [0.5, 0.6) is 5.75 Å². The minimum absolute atomic E-state index is 0.290. The summed E-state index contributed by atoms with van der Waals surface area (Å²) in [5.74, 6) is 0.892. The van der Waals surface area contributed by atoms with Crippen molar-refractivity contribution in [2.24, 2.45) is 0 Å². The summed E-state index contributed by atoms with van der Waals surface area (Å²) in [6.45, 7) is 1.09. The van der Waals surface area contributed by atoms with Gasteiger partial charge in [-0.3, -0.25) is 0 Å². The van der Waals surface area contributed by atoms with Gasteiger partial charge in [0.25, 0.3) is 0 Å². The molecule has 78 valence electrons. The lowest BCUT2D eigenvalue weighted by atomic mass is 10.2. The van der Waals surface area contributed by atoms with Gasteiger partial charge >= 0.3 is 0 Å². The van der Waals surface area contributed by atoms with E-state index in [9.17, 15) is 5.11 Å². The molecule has 0 bridgehead atoms. The van der Waals surface area contributed by atoms with Gasteiger partial charge in [-0.05, 0) is 6.07 Å². The molecule has 15 heavy (non-hydrogen) atoms. The molecule has 0 amide bonds. The van der Waals surface area contributed by atoms with Gasteiger partial charge in [0.15, 0.2) is 5.82 Å².